The summed E-state index contributed by atoms with van der Waals surface area (Å²) in [5, 5.41) is 14.7. The van der Waals surface area contributed by atoms with Crippen LogP contribution < -0.4 is 0 Å². The monoisotopic (exact) mass is 279 g/mol. The molecule has 0 amide bonds. The van der Waals surface area contributed by atoms with Gasteiger partial charge < -0.3 is 4.74 Å². The molecule has 0 spiro atoms. The molecule has 7 nitrogen and oxygen atoms in total. The van der Waals surface area contributed by atoms with Crippen molar-refractivity contribution in [3.05, 3.63) is 52.1 Å². The Morgan fingerprint density at radius 3 is 2.95 bits per heavy atom. The molecule has 8 heteroatoms. The Kier molecular flexibility index (Phi) is 3.74. The van der Waals surface area contributed by atoms with E-state index in [-0.39, 0.29) is 23.5 Å². The maximum atomic E-state index is 13.2. The molecular formula is C12H10FN3O4. The topological polar surface area (TPSA) is 87.3 Å². The Hall–Kier alpha value is -2.77. The lowest BCUT2D eigenvalue weighted by molar-refractivity contribution is -0.384. The van der Waals surface area contributed by atoms with Crippen LogP contribution in [-0.4, -0.2) is 27.3 Å². The van der Waals surface area contributed by atoms with Crippen LogP contribution in [0.15, 0.2) is 30.6 Å². The van der Waals surface area contributed by atoms with Crippen molar-refractivity contribution in [1.82, 2.24) is 9.78 Å². The molecule has 0 saturated heterocycles. The molecule has 0 atom stereocenters. The Bertz CT molecular complexity index is 668. The first kappa shape index (κ1) is 13.7. The number of carbonyl (C=O) groups excluding carboxylic acids is 1. The SMILES string of the molecule is CCOC(=O)c1cnn(-c2cc(F)ccc2[N+](=O)[O-])c1. The third-order valence-electron chi connectivity index (χ3n) is 2.47. The van der Waals surface area contributed by atoms with Crippen LogP contribution in [0.4, 0.5) is 10.1 Å². The third kappa shape index (κ3) is 2.63. The number of ether oxygens (including phenoxy) is 1. The van der Waals surface area contributed by atoms with E-state index in [1.807, 2.05) is 0 Å². The van der Waals surface area contributed by atoms with Gasteiger partial charge in [-0.2, -0.15) is 5.10 Å². The molecule has 0 unspecified atom stereocenters. The van der Waals surface area contributed by atoms with Gasteiger partial charge in [0.25, 0.3) is 5.69 Å². The van der Waals surface area contributed by atoms with Gasteiger partial charge in [-0.3, -0.25) is 10.1 Å². The number of nitrogens with zero attached hydrogens (tertiary/aromatic N) is 3. The van der Waals surface area contributed by atoms with Crippen LogP contribution in [0.1, 0.15) is 17.3 Å². The quantitative estimate of drug-likeness (QED) is 0.486. The Morgan fingerprint density at radius 2 is 2.30 bits per heavy atom. The Labute approximate surface area is 112 Å². The highest BCUT2D eigenvalue weighted by Gasteiger charge is 2.18. The molecule has 2 rings (SSSR count). The molecule has 0 N–H and O–H groups in total. The second-order valence-corrected chi connectivity index (χ2v) is 3.78. The van der Waals surface area contributed by atoms with Crippen molar-refractivity contribution < 1.29 is 18.8 Å². The van der Waals surface area contributed by atoms with E-state index in [1.54, 1.807) is 6.92 Å². The van der Waals surface area contributed by atoms with Crippen LogP contribution in [0.3, 0.4) is 0 Å². The van der Waals surface area contributed by atoms with Gasteiger partial charge in [0.1, 0.15) is 11.5 Å². The lowest BCUT2D eigenvalue weighted by Gasteiger charge is -2.02. The van der Waals surface area contributed by atoms with Crippen molar-refractivity contribution in [1.29, 1.82) is 0 Å². The number of rotatable bonds is 4. The van der Waals surface area contributed by atoms with Crippen molar-refractivity contribution in [3.8, 4) is 5.69 Å². The van der Waals surface area contributed by atoms with Crippen LogP contribution in [0, 0.1) is 15.9 Å². The van der Waals surface area contributed by atoms with Crippen LogP contribution in [0.2, 0.25) is 0 Å². The maximum absolute atomic E-state index is 13.2. The molecule has 20 heavy (non-hydrogen) atoms. The highest BCUT2D eigenvalue weighted by molar-refractivity contribution is 5.88. The molecule has 0 fully saturated rings. The van der Waals surface area contributed by atoms with Gasteiger partial charge in [0.15, 0.2) is 0 Å². The first-order valence-corrected chi connectivity index (χ1v) is 5.69. The van der Waals surface area contributed by atoms with Gasteiger partial charge in [-0.1, -0.05) is 0 Å². The number of hydrogen-bond donors (Lipinski definition) is 0. The summed E-state index contributed by atoms with van der Waals surface area (Å²) in [6.45, 7) is 1.85. The lowest BCUT2D eigenvalue weighted by Crippen LogP contribution is -2.04. The molecule has 1 aromatic heterocycles. The molecule has 2 aromatic rings. The zero-order valence-electron chi connectivity index (χ0n) is 10.4. The van der Waals surface area contributed by atoms with Gasteiger partial charge in [0, 0.05) is 18.3 Å². The molecule has 0 aliphatic carbocycles. The number of esters is 1. The average Bonchev–Trinajstić information content (AvgIpc) is 2.88. The third-order valence-corrected chi connectivity index (χ3v) is 2.47. The maximum Gasteiger partial charge on any atom is 0.341 e. The van der Waals surface area contributed by atoms with Crippen LogP contribution in [0.5, 0.6) is 0 Å². The highest BCUT2D eigenvalue weighted by atomic mass is 19.1. The molecule has 1 aromatic carbocycles. The first-order chi connectivity index (χ1) is 9.52. The standard InChI is InChI=1S/C12H10FN3O4/c1-2-20-12(17)8-6-14-15(7-8)11-5-9(13)3-4-10(11)16(18)19/h3-7H,2H2,1H3. The van der Waals surface area contributed by atoms with E-state index in [4.69, 9.17) is 4.74 Å². The van der Waals surface area contributed by atoms with Crippen molar-refractivity contribution in [3.63, 3.8) is 0 Å². The van der Waals surface area contributed by atoms with Gasteiger partial charge in [0.2, 0.25) is 0 Å². The zero-order valence-corrected chi connectivity index (χ0v) is 10.4. The van der Waals surface area contributed by atoms with Gasteiger partial charge in [-0.25, -0.2) is 13.9 Å². The second kappa shape index (κ2) is 5.47. The fourth-order valence-corrected chi connectivity index (χ4v) is 1.61. The molecule has 0 saturated carbocycles. The van der Waals surface area contributed by atoms with E-state index in [2.05, 4.69) is 5.10 Å². The predicted octanol–water partition coefficient (Wildman–Crippen LogP) is 2.10. The smallest absolute Gasteiger partial charge is 0.341 e. The average molecular weight is 279 g/mol. The minimum absolute atomic E-state index is 0.0643. The van der Waals surface area contributed by atoms with E-state index < -0.39 is 16.7 Å². The summed E-state index contributed by atoms with van der Waals surface area (Å²) >= 11 is 0. The van der Waals surface area contributed by atoms with Gasteiger partial charge in [0.05, 0.1) is 23.3 Å². The zero-order chi connectivity index (χ0) is 14.7. The van der Waals surface area contributed by atoms with Gasteiger partial charge in [-0.05, 0) is 13.0 Å². The lowest BCUT2D eigenvalue weighted by atomic mass is 10.2. The minimum atomic E-state index is -0.652. The Morgan fingerprint density at radius 1 is 1.55 bits per heavy atom. The van der Waals surface area contributed by atoms with Gasteiger partial charge in [-0.15, -0.1) is 0 Å². The van der Waals surface area contributed by atoms with Crippen molar-refractivity contribution in [2.24, 2.45) is 0 Å². The molecule has 104 valence electrons. The van der Waals surface area contributed by atoms with E-state index in [9.17, 15) is 19.3 Å². The molecular weight excluding hydrogens is 269 g/mol. The number of halogens is 1. The fourth-order valence-electron chi connectivity index (χ4n) is 1.61. The van der Waals surface area contributed by atoms with Crippen LogP contribution in [0.25, 0.3) is 5.69 Å². The van der Waals surface area contributed by atoms with Crippen molar-refractivity contribution in [2.75, 3.05) is 6.61 Å². The first-order valence-electron chi connectivity index (χ1n) is 5.69. The highest BCUT2D eigenvalue weighted by Crippen LogP contribution is 2.23. The Balaban J connectivity index is 2.44. The second-order valence-electron chi connectivity index (χ2n) is 3.78. The summed E-state index contributed by atoms with van der Waals surface area (Å²) in [6.07, 6.45) is 2.45. The van der Waals surface area contributed by atoms with Crippen LogP contribution >= 0.6 is 0 Å². The minimum Gasteiger partial charge on any atom is -0.462 e. The van der Waals surface area contributed by atoms with Crippen LogP contribution in [-0.2, 0) is 4.74 Å². The molecule has 0 aliphatic rings. The van der Waals surface area contributed by atoms with E-state index >= 15 is 0 Å². The van der Waals surface area contributed by atoms with Crippen molar-refractivity contribution >= 4 is 11.7 Å². The number of nitro benzene ring substituents is 1. The van der Waals surface area contributed by atoms with E-state index in [0.29, 0.717) is 0 Å². The summed E-state index contributed by atoms with van der Waals surface area (Å²) in [5.41, 5.74) is -0.249. The number of carbonyl (C=O) groups is 1. The fraction of sp³-hybridized carbons (Fsp3) is 0.167. The molecule has 0 bridgehead atoms. The summed E-state index contributed by atoms with van der Waals surface area (Å²) in [7, 11) is 0. The number of aromatic nitrogens is 2. The molecule has 0 aliphatic heterocycles. The molecule has 0 radical (unpaired) electrons. The number of nitro groups is 1. The summed E-state index contributed by atoms with van der Waals surface area (Å²) in [5.74, 6) is -1.24. The molecule has 1 heterocycles. The van der Waals surface area contributed by atoms with Gasteiger partial charge >= 0.3 is 5.97 Å². The largest absolute Gasteiger partial charge is 0.462 e. The van der Waals surface area contributed by atoms with E-state index in [1.165, 1.54) is 12.4 Å². The summed E-state index contributed by atoms with van der Waals surface area (Å²) in [6, 6.07) is 2.99. The summed E-state index contributed by atoms with van der Waals surface area (Å²) < 4.78 is 19.1. The van der Waals surface area contributed by atoms with Crippen molar-refractivity contribution in [2.45, 2.75) is 6.92 Å². The number of benzene rings is 1. The normalized spacial score (nSPS) is 10.3. The predicted molar refractivity (Wildman–Crippen MR) is 66.1 cm³/mol. The number of hydrogen-bond acceptors (Lipinski definition) is 5. The summed E-state index contributed by atoms with van der Waals surface area (Å²) in [4.78, 5) is 21.7. The van der Waals surface area contributed by atoms with E-state index in [0.717, 1.165) is 22.9 Å².